The Balaban J connectivity index is 1.92. The van der Waals surface area contributed by atoms with Crippen LogP contribution in [0.1, 0.15) is 50.1 Å². The zero-order chi connectivity index (χ0) is 18.3. The molecule has 1 aliphatic rings. The first-order valence-corrected chi connectivity index (χ1v) is 10.4. The molecule has 0 saturated heterocycles. The van der Waals surface area contributed by atoms with E-state index in [2.05, 4.69) is 16.1 Å². The highest BCUT2D eigenvalue weighted by molar-refractivity contribution is 7.88. The normalized spacial score (nSPS) is 16.2. The summed E-state index contributed by atoms with van der Waals surface area (Å²) in [5.74, 6) is -0.644. The predicted octanol–water partition coefficient (Wildman–Crippen LogP) is 2.81. The Morgan fingerprint density at radius 1 is 1.24 bits per heavy atom. The van der Waals surface area contributed by atoms with E-state index in [-0.39, 0.29) is 12.3 Å². The zero-order valence-electron chi connectivity index (χ0n) is 14.4. The van der Waals surface area contributed by atoms with Gasteiger partial charge in [0, 0.05) is 13.0 Å². The first-order chi connectivity index (χ1) is 11.8. The first kappa shape index (κ1) is 19.6. The molecule has 0 spiro atoms. The average molecular weight is 368 g/mol. The molecule has 7 heteroatoms. The molecule has 1 aromatic rings. The largest absolute Gasteiger partial charge is 0.356 e. The summed E-state index contributed by atoms with van der Waals surface area (Å²) >= 11 is 0. The standard InChI is InChI=1S/C18H25FN2O3S/c1-25(23,24)21-17(15-7-9-16(19)10-8-15)13-18(22)20-12-11-14-5-3-2-4-6-14/h5,7-10,17,21H,2-4,6,11-13H2,1H3,(H,20,22)/t17-/m1/s1. The molecule has 1 aromatic carbocycles. The molecule has 0 bridgehead atoms. The fourth-order valence-electron chi connectivity index (χ4n) is 2.93. The number of carbonyl (C=O) groups is 1. The number of sulfonamides is 1. The fraction of sp³-hybridized carbons (Fsp3) is 0.500. The molecule has 2 rings (SSSR count). The van der Waals surface area contributed by atoms with Crippen LogP contribution in [-0.4, -0.2) is 27.1 Å². The van der Waals surface area contributed by atoms with Crippen LogP contribution in [-0.2, 0) is 14.8 Å². The van der Waals surface area contributed by atoms with Crippen LogP contribution in [0.3, 0.4) is 0 Å². The molecule has 5 nitrogen and oxygen atoms in total. The van der Waals surface area contributed by atoms with Gasteiger partial charge in [-0.05, 0) is 49.8 Å². The summed E-state index contributed by atoms with van der Waals surface area (Å²) in [5, 5.41) is 2.84. The van der Waals surface area contributed by atoms with Gasteiger partial charge in [0.05, 0.1) is 12.3 Å². The average Bonchev–Trinajstić information content (AvgIpc) is 2.54. The van der Waals surface area contributed by atoms with Gasteiger partial charge in [0.2, 0.25) is 15.9 Å². The Morgan fingerprint density at radius 3 is 2.56 bits per heavy atom. The molecule has 0 saturated carbocycles. The minimum atomic E-state index is -3.50. The van der Waals surface area contributed by atoms with Crippen molar-refractivity contribution in [3.8, 4) is 0 Å². The summed E-state index contributed by atoms with van der Waals surface area (Å²) in [6, 6.07) is 4.75. The van der Waals surface area contributed by atoms with Crippen molar-refractivity contribution in [3.05, 3.63) is 47.3 Å². The van der Waals surface area contributed by atoms with Crippen molar-refractivity contribution < 1.29 is 17.6 Å². The second kappa shape index (κ2) is 9.10. The summed E-state index contributed by atoms with van der Waals surface area (Å²) in [4.78, 5) is 12.2. The Morgan fingerprint density at radius 2 is 1.96 bits per heavy atom. The minimum absolute atomic E-state index is 0.0300. The molecule has 138 valence electrons. The Kier molecular flexibility index (Phi) is 7.13. The monoisotopic (exact) mass is 368 g/mol. The third-order valence-corrected chi connectivity index (χ3v) is 4.88. The van der Waals surface area contributed by atoms with Crippen LogP contribution >= 0.6 is 0 Å². The van der Waals surface area contributed by atoms with Gasteiger partial charge >= 0.3 is 0 Å². The summed E-state index contributed by atoms with van der Waals surface area (Å²) in [6.45, 7) is 0.541. The molecule has 1 amide bonds. The minimum Gasteiger partial charge on any atom is -0.356 e. The fourth-order valence-corrected chi connectivity index (χ4v) is 3.67. The third-order valence-electron chi connectivity index (χ3n) is 4.17. The topological polar surface area (TPSA) is 75.3 Å². The number of halogens is 1. The maximum atomic E-state index is 13.1. The van der Waals surface area contributed by atoms with Gasteiger partial charge in [-0.25, -0.2) is 17.5 Å². The molecular formula is C18H25FN2O3S. The number of benzene rings is 1. The van der Waals surface area contributed by atoms with Crippen LogP contribution in [0.2, 0.25) is 0 Å². The SMILES string of the molecule is CS(=O)(=O)N[C@H](CC(=O)NCCC1=CCCCC1)c1ccc(F)cc1. The van der Waals surface area contributed by atoms with Crippen LogP contribution in [0.15, 0.2) is 35.9 Å². The van der Waals surface area contributed by atoms with Crippen LogP contribution in [0.4, 0.5) is 4.39 Å². The number of nitrogens with one attached hydrogen (secondary N) is 2. The van der Waals surface area contributed by atoms with Crippen molar-refractivity contribution in [2.24, 2.45) is 0 Å². The molecule has 25 heavy (non-hydrogen) atoms. The van der Waals surface area contributed by atoms with Crippen LogP contribution in [0, 0.1) is 5.82 Å². The number of carbonyl (C=O) groups excluding carboxylic acids is 1. The summed E-state index contributed by atoms with van der Waals surface area (Å²) in [5.41, 5.74) is 1.92. The van der Waals surface area contributed by atoms with E-state index in [0.29, 0.717) is 12.1 Å². The Hall–Kier alpha value is -1.73. The van der Waals surface area contributed by atoms with E-state index < -0.39 is 21.9 Å². The molecule has 0 aromatic heterocycles. The molecule has 0 fully saturated rings. The Bertz CT molecular complexity index is 714. The van der Waals surface area contributed by atoms with Crippen molar-refractivity contribution in [3.63, 3.8) is 0 Å². The van der Waals surface area contributed by atoms with Crippen LogP contribution < -0.4 is 10.0 Å². The van der Waals surface area contributed by atoms with Crippen molar-refractivity contribution >= 4 is 15.9 Å². The summed E-state index contributed by atoms with van der Waals surface area (Å²) in [6.07, 6.45) is 8.69. The molecule has 1 atom stereocenters. The quantitative estimate of drug-likeness (QED) is 0.693. The van der Waals surface area contributed by atoms with Crippen LogP contribution in [0.5, 0.6) is 0 Å². The van der Waals surface area contributed by atoms with Gasteiger partial charge in [0.25, 0.3) is 0 Å². The number of hydrogen-bond donors (Lipinski definition) is 2. The first-order valence-electron chi connectivity index (χ1n) is 8.51. The highest BCUT2D eigenvalue weighted by atomic mass is 32.2. The number of hydrogen-bond acceptors (Lipinski definition) is 3. The molecule has 0 radical (unpaired) electrons. The highest BCUT2D eigenvalue weighted by Crippen LogP contribution is 2.20. The van der Waals surface area contributed by atoms with E-state index in [1.807, 2.05) is 0 Å². The number of rotatable bonds is 8. The molecule has 0 unspecified atom stereocenters. The Labute approximate surface area is 148 Å². The van der Waals surface area contributed by atoms with Gasteiger partial charge in [0.15, 0.2) is 0 Å². The van der Waals surface area contributed by atoms with E-state index >= 15 is 0 Å². The van der Waals surface area contributed by atoms with E-state index in [1.54, 1.807) is 0 Å². The third kappa shape index (κ3) is 7.36. The van der Waals surface area contributed by atoms with Crippen molar-refractivity contribution in [1.29, 1.82) is 0 Å². The number of amides is 1. The smallest absolute Gasteiger partial charge is 0.221 e. The predicted molar refractivity (Wildman–Crippen MR) is 95.9 cm³/mol. The molecule has 0 heterocycles. The van der Waals surface area contributed by atoms with Gasteiger partial charge in [-0.1, -0.05) is 23.8 Å². The molecule has 1 aliphatic carbocycles. The van der Waals surface area contributed by atoms with Gasteiger partial charge in [-0.3, -0.25) is 4.79 Å². The van der Waals surface area contributed by atoms with Crippen molar-refractivity contribution in [2.75, 3.05) is 12.8 Å². The van der Waals surface area contributed by atoms with E-state index in [9.17, 15) is 17.6 Å². The maximum Gasteiger partial charge on any atom is 0.221 e. The van der Waals surface area contributed by atoms with Crippen molar-refractivity contribution in [2.45, 2.75) is 44.6 Å². The van der Waals surface area contributed by atoms with E-state index in [0.717, 1.165) is 25.5 Å². The summed E-state index contributed by atoms with van der Waals surface area (Å²) < 4.78 is 38.6. The van der Waals surface area contributed by atoms with Gasteiger partial charge in [-0.15, -0.1) is 0 Å². The van der Waals surface area contributed by atoms with E-state index in [1.165, 1.54) is 42.7 Å². The number of allylic oxidation sites excluding steroid dienone is 1. The summed E-state index contributed by atoms with van der Waals surface area (Å²) in [7, 11) is -3.50. The van der Waals surface area contributed by atoms with Crippen LogP contribution in [0.25, 0.3) is 0 Å². The lowest BCUT2D eigenvalue weighted by molar-refractivity contribution is -0.121. The van der Waals surface area contributed by atoms with Crippen molar-refractivity contribution in [1.82, 2.24) is 10.0 Å². The lowest BCUT2D eigenvalue weighted by Crippen LogP contribution is -2.33. The lowest BCUT2D eigenvalue weighted by Gasteiger charge is -2.18. The maximum absolute atomic E-state index is 13.1. The molecule has 0 aliphatic heterocycles. The zero-order valence-corrected chi connectivity index (χ0v) is 15.2. The van der Waals surface area contributed by atoms with E-state index in [4.69, 9.17) is 0 Å². The van der Waals surface area contributed by atoms with Gasteiger partial charge in [-0.2, -0.15) is 0 Å². The lowest BCUT2D eigenvalue weighted by atomic mass is 9.97. The second-order valence-corrected chi connectivity index (χ2v) is 8.19. The second-order valence-electron chi connectivity index (χ2n) is 6.41. The highest BCUT2D eigenvalue weighted by Gasteiger charge is 2.20. The van der Waals surface area contributed by atoms with Gasteiger partial charge in [0.1, 0.15) is 5.82 Å². The molecular weight excluding hydrogens is 343 g/mol. The molecule has 2 N–H and O–H groups in total. The van der Waals surface area contributed by atoms with Gasteiger partial charge < -0.3 is 5.32 Å².